The Balaban J connectivity index is 0.00000208. The first kappa shape index (κ1) is 18.8. The first-order chi connectivity index (χ1) is 11.1. The summed E-state index contributed by atoms with van der Waals surface area (Å²) in [7, 11) is 0. The molecule has 2 aromatic carbocycles. The molecule has 1 N–H and O–H groups in total. The minimum Gasteiger partial charge on any atom is -0.378 e. The number of carbonyl (C=O) groups excluding carboxylic acids is 1. The van der Waals surface area contributed by atoms with Crippen LogP contribution in [0.1, 0.15) is 28.8 Å². The Labute approximate surface area is 154 Å². The molecule has 1 aliphatic rings. The number of rotatable bonds is 4. The second kappa shape index (κ2) is 8.51. The molecule has 1 aliphatic heterocycles. The zero-order valence-electron chi connectivity index (χ0n) is 12.9. The summed E-state index contributed by atoms with van der Waals surface area (Å²) in [6.45, 7) is 0.746. The second-order valence-corrected chi connectivity index (χ2v) is 5.48. The van der Waals surface area contributed by atoms with Crippen LogP contribution in [0.4, 0.5) is 14.5 Å². The molecule has 1 unspecified atom stereocenters. The molecule has 0 radical (unpaired) electrons. The van der Waals surface area contributed by atoms with Crippen molar-refractivity contribution in [2.24, 2.45) is 0 Å². The van der Waals surface area contributed by atoms with Crippen molar-refractivity contribution in [3.63, 3.8) is 0 Å². The molecule has 1 heterocycles. The topological polar surface area (TPSA) is 38.3 Å². The number of nitrogens with one attached hydrogen (secondary N) is 1. The number of amides is 1. The van der Waals surface area contributed by atoms with Crippen molar-refractivity contribution in [3.05, 3.63) is 65.2 Å². The summed E-state index contributed by atoms with van der Waals surface area (Å²) >= 11 is 0. The zero-order valence-corrected chi connectivity index (χ0v) is 14.5. The molecule has 124 valence electrons. The van der Waals surface area contributed by atoms with E-state index >= 15 is 0 Å². The third-order valence-electron chi connectivity index (χ3n) is 3.84. The minimum absolute atomic E-state index is 0. The molecular weight excluding hydrogens is 348 g/mol. The number of carbonyl (C=O) groups is 1. The minimum atomic E-state index is -0.921. The van der Waals surface area contributed by atoms with Crippen LogP contribution >= 0.6 is 0 Å². The van der Waals surface area contributed by atoms with Gasteiger partial charge < -0.3 is 10.1 Å². The van der Waals surface area contributed by atoms with E-state index < -0.39 is 17.5 Å². The van der Waals surface area contributed by atoms with Gasteiger partial charge in [-0.15, -0.1) is 18.2 Å². The maximum absolute atomic E-state index is 13.6. The molecule has 2 aromatic rings. The van der Waals surface area contributed by atoms with Crippen molar-refractivity contribution in [1.82, 2.24) is 0 Å². The Morgan fingerprint density at radius 2 is 2.04 bits per heavy atom. The molecule has 0 aliphatic carbocycles. The summed E-state index contributed by atoms with van der Waals surface area (Å²) in [5.41, 5.74) is 1.22. The molecule has 1 fully saturated rings. The first-order valence-electron chi connectivity index (χ1n) is 7.51. The van der Waals surface area contributed by atoms with Gasteiger partial charge in [0.15, 0.2) is 0 Å². The summed E-state index contributed by atoms with van der Waals surface area (Å²) in [4.78, 5) is 12.4. The molecule has 0 aromatic heterocycles. The van der Waals surface area contributed by atoms with Crippen LogP contribution in [-0.2, 0) is 32.9 Å². The molecule has 1 amide bonds. The van der Waals surface area contributed by atoms with Crippen molar-refractivity contribution in [2.45, 2.75) is 25.4 Å². The summed E-state index contributed by atoms with van der Waals surface area (Å²) in [5.74, 6) is -2.16. The van der Waals surface area contributed by atoms with Gasteiger partial charge in [0.2, 0.25) is 5.91 Å². The van der Waals surface area contributed by atoms with Crippen molar-refractivity contribution >= 4 is 11.6 Å². The number of halogens is 2. The molecular formula is C18H16F2NO2Ti-. The van der Waals surface area contributed by atoms with Gasteiger partial charge in [-0.3, -0.25) is 4.79 Å². The number of benzene rings is 2. The third kappa shape index (κ3) is 4.50. The van der Waals surface area contributed by atoms with Crippen LogP contribution in [0.15, 0.2) is 36.4 Å². The molecule has 0 bridgehead atoms. The summed E-state index contributed by atoms with van der Waals surface area (Å²) in [6, 6.07) is 11.3. The molecule has 3 rings (SSSR count). The van der Waals surface area contributed by atoms with Crippen molar-refractivity contribution in [3.8, 4) is 0 Å². The van der Waals surface area contributed by atoms with E-state index in [9.17, 15) is 13.6 Å². The van der Waals surface area contributed by atoms with Crippen LogP contribution in [0.2, 0.25) is 0 Å². The zero-order chi connectivity index (χ0) is 16.2. The van der Waals surface area contributed by atoms with E-state index in [-0.39, 0.29) is 33.5 Å². The van der Waals surface area contributed by atoms with Crippen molar-refractivity contribution in [2.75, 3.05) is 11.9 Å². The van der Waals surface area contributed by atoms with Gasteiger partial charge in [0.25, 0.3) is 0 Å². The van der Waals surface area contributed by atoms with E-state index in [1.807, 2.05) is 18.2 Å². The van der Waals surface area contributed by atoms with Gasteiger partial charge >= 0.3 is 0 Å². The normalized spacial score (nSPS) is 16.5. The largest absolute Gasteiger partial charge is 0.378 e. The first-order valence-corrected chi connectivity index (χ1v) is 7.51. The molecule has 24 heavy (non-hydrogen) atoms. The number of hydrogen-bond acceptors (Lipinski definition) is 2. The number of anilines is 1. The molecule has 1 saturated heterocycles. The van der Waals surface area contributed by atoms with Gasteiger partial charge in [-0.2, -0.15) is 0 Å². The van der Waals surface area contributed by atoms with E-state index in [1.165, 1.54) is 6.07 Å². The Morgan fingerprint density at radius 3 is 2.75 bits per heavy atom. The van der Waals surface area contributed by atoms with Crippen molar-refractivity contribution in [1.29, 1.82) is 0 Å². The Morgan fingerprint density at radius 1 is 1.25 bits per heavy atom. The Kier molecular flexibility index (Phi) is 6.66. The number of hydrogen-bond donors (Lipinski definition) is 1. The third-order valence-corrected chi connectivity index (χ3v) is 3.84. The van der Waals surface area contributed by atoms with Gasteiger partial charge in [-0.1, -0.05) is 18.2 Å². The smallest absolute Gasteiger partial charge is 0.245 e. The Hall–Kier alpha value is -1.56. The van der Waals surface area contributed by atoms with E-state index in [2.05, 4.69) is 5.32 Å². The van der Waals surface area contributed by atoms with E-state index in [0.717, 1.165) is 31.1 Å². The average Bonchev–Trinajstić information content (AvgIpc) is 3.03. The average molecular weight is 364 g/mol. The fourth-order valence-electron chi connectivity index (χ4n) is 2.70. The van der Waals surface area contributed by atoms with Gasteiger partial charge in [0.05, 0.1) is 6.10 Å². The fourth-order valence-corrected chi connectivity index (χ4v) is 2.70. The molecule has 0 spiro atoms. The van der Waals surface area contributed by atoms with Gasteiger partial charge in [0.1, 0.15) is 0 Å². The summed E-state index contributed by atoms with van der Waals surface area (Å²) in [6.07, 6.45) is 2.74. The standard InChI is InChI=1S/C18H16F2NO2.Ti/c19-13-7-8-17(16(20)11-13)21-18(22)15-6-2-1-4-12(15)10-14-5-3-9-23-14;/h1-2,4,6-8,14H,3,5,9-10H2,(H,21,22);/q-1;. The van der Waals surface area contributed by atoms with Gasteiger partial charge in [-0.25, -0.2) is 8.78 Å². The van der Waals surface area contributed by atoms with Crippen LogP contribution in [0.25, 0.3) is 0 Å². The maximum atomic E-state index is 13.6. The quantitative estimate of drug-likeness (QED) is 0.663. The van der Waals surface area contributed by atoms with E-state index in [4.69, 9.17) is 4.74 Å². The molecule has 0 saturated carbocycles. The molecule has 6 heteroatoms. The van der Waals surface area contributed by atoms with Crippen LogP contribution < -0.4 is 5.32 Å². The second-order valence-electron chi connectivity index (χ2n) is 5.48. The van der Waals surface area contributed by atoms with E-state index in [0.29, 0.717) is 12.0 Å². The van der Waals surface area contributed by atoms with Gasteiger partial charge in [0, 0.05) is 45.5 Å². The SMILES string of the molecule is O=C(Nc1ccc(F)[c-]c1F)c1ccccc1CC1CCCO1.[Ti]. The van der Waals surface area contributed by atoms with E-state index in [1.54, 1.807) is 12.1 Å². The summed E-state index contributed by atoms with van der Waals surface area (Å²) < 4.78 is 32.1. The molecule has 1 atom stereocenters. The Bertz CT molecular complexity index is 718. The monoisotopic (exact) mass is 364 g/mol. The number of ether oxygens (including phenoxy) is 1. The van der Waals surface area contributed by atoms with Crippen molar-refractivity contribution < 1.29 is 40.0 Å². The van der Waals surface area contributed by atoms with Crippen LogP contribution in [0, 0.1) is 17.7 Å². The van der Waals surface area contributed by atoms with Crippen LogP contribution in [0.3, 0.4) is 0 Å². The maximum Gasteiger partial charge on any atom is 0.245 e. The fraction of sp³-hybridized carbons (Fsp3) is 0.278. The predicted octanol–water partition coefficient (Wildman–Crippen LogP) is 3.74. The summed E-state index contributed by atoms with van der Waals surface area (Å²) in [5, 5.41) is 2.47. The van der Waals surface area contributed by atoms with Gasteiger partial charge in [-0.05, 0) is 36.6 Å². The molecule has 3 nitrogen and oxygen atoms in total. The van der Waals surface area contributed by atoms with Crippen LogP contribution in [-0.4, -0.2) is 18.6 Å². The van der Waals surface area contributed by atoms with Crippen LogP contribution in [0.5, 0.6) is 0 Å². The predicted molar refractivity (Wildman–Crippen MR) is 82.3 cm³/mol.